The van der Waals surface area contributed by atoms with Gasteiger partial charge in [-0.15, -0.1) is 5.92 Å². The lowest BCUT2D eigenvalue weighted by atomic mass is 9.27. The lowest BCUT2D eigenvalue weighted by Gasteiger charge is -2.73. The fraction of sp³-hybridized carbons (Fsp3) is 0.760. The molecule has 8 nitrogen and oxygen atoms in total. The molecule has 1 aromatic carbocycles. The van der Waals surface area contributed by atoms with E-state index in [0.29, 0.717) is 113 Å². The van der Waals surface area contributed by atoms with Crippen LogP contribution in [0.2, 0.25) is 0 Å². The number of nitrogens with zero attached hydrogens (tertiary/aromatic N) is 2. The third kappa shape index (κ3) is 6.04. The average Bonchev–Trinajstić information content (AvgIpc) is 1.55. The van der Waals surface area contributed by atoms with Crippen molar-refractivity contribution in [2.24, 2.45) is 103 Å². The van der Waals surface area contributed by atoms with Gasteiger partial charge in [-0.3, -0.25) is 9.69 Å². The van der Waals surface area contributed by atoms with E-state index in [4.69, 9.17) is 15.2 Å². The van der Waals surface area contributed by atoms with Gasteiger partial charge < -0.3 is 25.2 Å². The Morgan fingerprint density at radius 2 is 1.61 bits per heavy atom. The van der Waals surface area contributed by atoms with E-state index in [-0.39, 0.29) is 47.1 Å². The molecule has 18 aliphatic rings. The zero-order valence-electron chi connectivity index (χ0n) is 50.3. The van der Waals surface area contributed by atoms with Crippen molar-refractivity contribution in [3.63, 3.8) is 0 Å². The number of carbonyl (C=O) groups excluding carboxylic acids is 2. The molecular weight excluding hydrogens is 1020 g/mol. The molecule has 0 unspecified atom stereocenters. The molecule has 7 heterocycles. The summed E-state index contributed by atoms with van der Waals surface area (Å²) in [6.45, 7) is 5.33. The van der Waals surface area contributed by atoms with Crippen molar-refractivity contribution < 1.29 is 24.2 Å². The van der Waals surface area contributed by atoms with E-state index in [1.54, 1.807) is 16.8 Å². The molecule has 7 spiro atoms. The topological polar surface area (TPSA) is 105 Å². The van der Waals surface area contributed by atoms with Gasteiger partial charge in [0.2, 0.25) is 0 Å². The molecule has 10 bridgehead atoms. The maximum absolute atomic E-state index is 17.1. The van der Waals surface area contributed by atoms with E-state index in [1.165, 1.54) is 160 Å². The zero-order chi connectivity index (χ0) is 55.2. The minimum Gasteiger partial charge on any atom is -0.509 e. The number of carbonyl (C=O) groups is 2. The minimum atomic E-state index is -1.17. The third-order valence-electron chi connectivity index (χ3n) is 30.9. The van der Waals surface area contributed by atoms with Crippen LogP contribution in [0.3, 0.4) is 0 Å². The summed E-state index contributed by atoms with van der Waals surface area (Å²) >= 11 is 0. The molecule has 19 atom stereocenters. The van der Waals surface area contributed by atoms with Crippen molar-refractivity contribution in [3.05, 3.63) is 81.0 Å². The molecule has 11 aliphatic carbocycles. The number of nitrogens with two attached hydrogens (primary N) is 1. The molecule has 0 aromatic heterocycles. The molecule has 10 fully saturated rings. The second-order valence-electron chi connectivity index (χ2n) is 33.0. The first-order valence-electron chi connectivity index (χ1n) is 35.4. The Labute approximate surface area is 495 Å². The summed E-state index contributed by atoms with van der Waals surface area (Å²) in [5, 5.41) is 14.4. The number of aliphatic hydroxyl groups excluding tert-OH is 1. The highest BCUT2D eigenvalue weighted by Gasteiger charge is 2.94. The number of allylic oxidation sites excluding steroid dienone is 4. The van der Waals surface area contributed by atoms with Gasteiger partial charge in [-0.2, -0.15) is 0 Å². The summed E-state index contributed by atoms with van der Waals surface area (Å²) in [5.41, 5.74) is 13.3. The van der Waals surface area contributed by atoms with Gasteiger partial charge in [-0.05, 0) is 234 Å². The van der Waals surface area contributed by atoms with Crippen molar-refractivity contribution >= 4 is 11.9 Å². The number of hydrogen-bond acceptors (Lipinski definition) is 8. The Balaban J connectivity index is 0.873. The van der Waals surface area contributed by atoms with E-state index < -0.39 is 16.4 Å². The molecule has 83 heavy (non-hydrogen) atoms. The second kappa shape index (κ2) is 17.5. The summed E-state index contributed by atoms with van der Waals surface area (Å²) in [5.74, 6) is 12.7. The van der Waals surface area contributed by atoms with Gasteiger partial charge in [0.15, 0.2) is 11.4 Å². The Bertz CT molecular complexity index is 3210. The largest absolute Gasteiger partial charge is 0.509 e. The van der Waals surface area contributed by atoms with E-state index in [0.717, 1.165) is 56.3 Å². The summed E-state index contributed by atoms with van der Waals surface area (Å²) in [6, 6.07) is 7.49. The number of ether oxygens (including phenoxy) is 2. The highest BCUT2D eigenvalue weighted by molar-refractivity contribution is 6.00. The van der Waals surface area contributed by atoms with E-state index in [2.05, 4.69) is 58.9 Å². The van der Waals surface area contributed by atoms with Crippen LogP contribution in [0.15, 0.2) is 64.3 Å². The van der Waals surface area contributed by atoms with Crippen molar-refractivity contribution in [1.82, 2.24) is 9.80 Å². The van der Waals surface area contributed by atoms with Crippen LogP contribution in [-0.4, -0.2) is 64.6 Å². The molecule has 1 aromatic rings. The SMILES string of the molecule is C[C@H]1CC2=C3[C@H]4C5=C6[C@@H](/C=C\[C@@H]([C@H]7CCCC8(CCCC8)C7)C[C@H]7[C@]68C(=O)O/C(=C(\O)C[C@@H]6[C@@H]9CC%10(CCCC%10)[C@@]%10(CCC[C@@]%10%11CCC[C@H]%11C#CC[C@H]%10[C@@H]%11C[C@H](CN6%10)[C@@H](CC2)N3C%11)C9)[C@@]8(CC5)[C@]72OC(=O)c3c(CCCN)cccc32)C[C@H]41. The Hall–Kier alpha value is -3.80. The number of piperidine rings is 2. The van der Waals surface area contributed by atoms with E-state index in [9.17, 15) is 5.11 Å². The number of aryl methyl sites for hydroxylation is 1. The van der Waals surface area contributed by atoms with Crippen LogP contribution in [0.25, 0.3) is 0 Å². The lowest BCUT2D eigenvalue weighted by Crippen LogP contribution is -2.78. The number of rotatable bonds is 4. The fourth-order valence-electron chi connectivity index (χ4n) is 28.7. The molecule has 0 radical (unpaired) electrons. The smallest absolute Gasteiger partial charge is 0.339 e. The molecule has 440 valence electrons. The first-order valence-corrected chi connectivity index (χ1v) is 35.4. The van der Waals surface area contributed by atoms with Crippen LogP contribution in [0.1, 0.15) is 227 Å². The summed E-state index contributed by atoms with van der Waals surface area (Å²) in [7, 11) is 0. The van der Waals surface area contributed by atoms with E-state index in [1.807, 2.05) is 0 Å². The highest BCUT2D eigenvalue weighted by Crippen LogP contribution is 2.89. The lowest BCUT2D eigenvalue weighted by molar-refractivity contribution is -0.282. The van der Waals surface area contributed by atoms with Crippen LogP contribution < -0.4 is 5.73 Å². The summed E-state index contributed by atoms with van der Waals surface area (Å²) in [4.78, 5) is 38.9. The maximum atomic E-state index is 17.1. The van der Waals surface area contributed by atoms with E-state index >= 15 is 9.59 Å². The van der Waals surface area contributed by atoms with Crippen LogP contribution in [0.5, 0.6) is 0 Å². The van der Waals surface area contributed by atoms with Crippen molar-refractivity contribution in [2.75, 3.05) is 19.6 Å². The normalized spacial score (nSPS) is 49.6. The predicted molar refractivity (Wildman–Crippen MR) is 320 cm³/mol. The molecule has 7 aliphatic heterocycles. The Morgan fingerprint density at radius 3 is 2.49 bits per heavy atom. The number of fused-ring (bicyclic) bond motifs is 8. The first-order chi connectivity index (χ1) is 40.5. The summed E-state index contributed by atoms with van der Waals surface area (Å²) in [6.07, 6.45) is 43.0. The standard InChI is InChI=1S/C75H95N3O5/c1-44-34-48-21-22-58-50-35-51-43-78(58)65(48)63-54-23-32-73-66(60(79)38-59-52-40-70(27-4-5-28-70)72(41-52)31-11-30-71(72)29-9-16-53(71)15-7-18-57(51)77(59)42-50)82-68(81)74(73)61(75(73)56-17-6-12-45(14-10-33-76)62(56)67(80)83-75)37-46(19-20-47(64(54)74)36-55(44)63)49-13-8-26-69(39-49)24-2-3-25-69/h6,12,17,19-20,44,46-47,49-53,55,57-59,61,63,79H,2-5,8-11,13-14,16,18,21-43,76H2,1H3/b20-19-,66-60-/t44-,46+,47-,49-,50+,51+,52+,53+,55-,57-,58+,59+,61-,63-,71+,72+,73+,74+,75+/m0/s1. The minimum absolute atomic E-state index is 0.0866. The van der Waals surface area contributed by atoms with Crippen LogP contribution in [0.4, 0.5) is 0 Å². The van der Waals surface area contributed by atoms with Gasteiger partial charge in [-0.1, -0.05) is 99.3 Å². The van der Waals surface area contributed by atoms with Crippen LogP contribution in [-0.2, 0) is 26.3 Å². The number of esters is 2. The second-order valence-corrected chi connectivity index (χ2v) is 33.0. The number of hydrogen-bond donors (Lipinski definition) is 2. The third-order valence-corrected chi connectivity index (χ3v) is 30.9. The first kappa shape index (κ1) is 51.3. The molecule has 3 saturated heterocycles. The van der Waals surface area contributed by atoms with Gasteiger partial charge in [0.25, 0.3) is 0 Å². The molecule has 0 amide bonds. The fourth-order valence-corrected chi connectivity index (χ4v) is 28.7. The molecule has 8 heteroatoms. The quantitative estimate of drug-likeness (QED) is 0.175. The highest BCUT2D eigenvalue weighted by atomic mass is 16.6. The molecule has 3 N–H and O–H groups in total. The molecular formula is C75H95N3O5. The predicted octanol–water partition coefficient (Wildman–Crippen LogP) is 14.7. The van der Waals surface area contributed by atoms with Crippen LogP contribution >= 0.6 is 0 Å². The van der Waals surface area contributed by atoms with Crippen LogP contribution in [0, 0.1) is 109 Å². The van der Waals surface area contributed by atoms with Gasteiger partial charge in [0, 0.05) is 73.1 Å². The van der Waals surface area contributed by atoms with Crippen molar-refractivity contribution in [1.29, 1.82) is 0 Å². The van der Waals surface area contributed by atoms with Gasteiger partial charge in [0.1, 0.15) is 11.2 Å². The number of benzene rings is 1. The Morgan fingerprint density at radius 1 is 0.783 bits per heavy atom. The van der Waals surface area contributed by atoms with Gasteiger partial charge in [0.05, 0.1) is 11.0 Å². The number of aliphatic hydroxyl groups is 1. The zero-order valence-corrected chi connectivity index (χ0v) is 50.3. The maximum Gasteiger partial charge on any atom is 0.339 e. The molecule has 19 rings (SSSR count). The summed E-state index contributed by atoms with van der Waals surface area (Å²) < 4.78 is 15.1. The van der Waals surface area contributed by atoms with Crippen molar-refractivity contribution in [3.8, 4) is 11.8 Å². The van der Waals surface area contributed by atoms with Gasteiger partial charge >= 0.3 is 11.9 Å². The monoisotopic (exact) mass is 1120 g/mol. The molecule has 7 saturated carbocycles. The Kier molecular flexibility index (Phi) is 10.8. The average molecular weight is 1120 g/mol. The van der Waals surface area contributed by atoms with Crippen molar-refractivity contribution in [2.45, 2.75) is 236 Å². The van der Waals surface area contributed by atoms with Gasteiger partial charge in [-0.25, -0.2) is 4.79 Å².